The zero-order valence-electron chi connectivity index (χ0n) is 14.4. The van der Waals surface area contributed by atoms with Crippen LogP contribution in [0.2, 0.25) is 10.0 Å². The maximum atomic E-state index is 9.89. The molecule has 0 saturated carbocycles. The lowest BCUT2D eigenvalue weighted by Crippen LogP contribution is -2.23. The molecule has 0 saturated heterocycles. The highest BCUT2D eigenvalue weighted by molar-refractivity contribution is 6.31. The number of para-hydroxylation sites is 1. The zero-order valence-corrected chi connectivity index (χ0v) is 16.0. The fourth-order valence-electron chi connectivity index (χ4n) is 3.44. The summed E-state index contributed by atoms with van der Waals surface area (Å²) in [5, 5.41) is 11.3. The van der Waals surface area contributed by atoms with Crippen LogP contribution in [0.15, 0.2) is 79.0 Å². The average Bonchev–Trinajstić information content (AvgIpc) is 2.69. The molecule has 132 valence electrons. The van der Waals surface area contributed by atoms with E-state index in [4.69, 9.17) is 23.2 Å². The lowest BCUT2D eigenvalue weighted by molar-refractivity contribution is 0.919. The molecule has 3 aromatic carbocycles. The number of hydrogen-bond acceptors (Lipinski definition) is 2. The molecule has 0 radical (unpaired) electrons. The van der Waals surface area contributed by atoms with Crippen molar-refractivity contribution in [1.29, 1.82) is 5.26 Å². The Morgan fingerprint density at radius 1 is 0.889 bits per heavy atom. The van der Waals surface area contributed by atoms with E-state index in [0.29, 0.717) is 11.6 Å². The van der Waals surface area contributed by atoms with Gasteiger partial charge in [0.15, 0.2) is 0 Å². The largest absolute Gasteiger partial charge is 0.343 e. The molecule has 1 heterocycles. The Kier molecular flexibility index (Phi) is 4.90. The molecule has 3 aromatic rings. The molecule has 0 bridgehead atoms. The number of allylic oxidation sites excluding steroid dienone is 1. The van der Waals surface area contributed by atoms with E-state index >= 15 is 0 Å². The van der Waals surface area contributed by atoms with E-state index in [9.17, 15) is 5.26 Å². The van der Waals surface area contributed by atoms with Crippen LogP contribution in [0.3, 0.4) is 0 Å². The van der Waals surface area contributed by atoms with Crippen molar-refractivity contribution in [3.8, 4) is 6.07 Å². The van der Waals surface area contributed by atoms with Crippen molar-refractivity contribution in [2.45, 2.75) is 12.5 Å². The van der Waals surface area contributed by atoms with E-state index in [2.05, 4.69) is 23.2 Å². The number of fused-ring (bicyclic) bond motifs is 1. The van der Waals surface area contributed by atoms with E-state index < -0.39 is 0 Å². The molecule has 1 aliphatic rings. The zero-order chi connectivity index (χ0) is 18.8. The number of nitriles is 1. The Hall–Kier alpha value is -2.73. The molecule has 4 heteroatoms. The molecule has 0 aromatic heterocycles. The SMILES string of the molecule is N#CC1C(c2cccc(Cl)c2)=CN(Cc2ccc(Cl)cc2)c2ccccc21. The Bertz CT molecular complexity index is 1050. The average molecular weight is 391 g/mol. The van der Waals surface area contributed by atoms with E-state index in [1.165, 1.54) is 0 Å². The van der Waals surface area contributed by atoms with Crippen molar-refractivity contribution in [1.82, 2.24) is 0 Å². The lowest BCUT2D eigenvalue weighted by atomic mass is 9.84. The molecule has 0 aliphatic carbocycles. The summed E-state index contributed by atoms with van der Waals surface area (Å²) in [5.41, 5.74) is 5.11. The van der Waals surface area contributed by atoms with Gasteiger partial charge >= 0.3 is 0 Å². The minimum atomic E-state index is -0.332. The lowest BCUT2D eigenvalue weighted by Gasteiger charge is -2.32. The van der Waals surface area contributed by atoms with Gasteiger partial charge in [0.05, 0.1) is 6.07 Å². The fraction of sp³-hybridized carbons (Fsp3) is 0.0870. The number of hydrogen-bond donors (Lipinski definition) is 0. The molecule has 1 unspecified atom stereocenters. The number of benzene rings is 3. The topological polar surface area (TPSA) is 27.0 Å². The second-order valence-corrected chi connectivity index (χ2v) is 7.34. The highest BCUT2D eigenvalue weighted by Crippen LogP contribution is 2.42. The van der Waals surface area contributed by atoms with Crippen LogP contribution >= 0.6 is 23.2 Å². The second kappa shape index (κ2) is 7.48. The van der Waals surface area contributed by atoms with Crippen LogP contribution in [0, 0.1) is 11.3 Å². The normalized spacial score (nSPS) is 15.7. The van der Waals surface area contributed by atoms with Crippen LogP contribution in [0.1, 0.15) is 22.6 Å². The summed E-state index contributed by atoms with van der Waals surface area (Å²) in [6.07, 6.45) is 2.07. The molecular weight excluding hydrogens is 375 g/mol. The third kappa shape index (κ3) is 3.57. The summed E-state index contributed by atoms with van der Waals surface area (Å²) in [5.74, 6) is -0.332. The van der Waals surface area contributed by atoms with Gasteiger partial charge in [-0.15, -0.1) is 0 Å². The molecule has 1 aliphatic heterocycles. The quantitative estimate of drug-likeness (QED) is 0.499. The molecular formula is C23H16Cl2N2. The van der Waals surface area contributed by atoms with Crippen LogP contribution < -0.4 is 4.90 Å². The Balaban J connectivity index is 1.81. The van der Waals surface area contributed by atoms with Crippen LogP contribution in [-0.4, -0.2) is 0 Å². The number of rotatable bonds is 3. The molecule has 0 spiro atoms. The van der Waals surface area contributed by atoms with Gasteiger partial charge in [-0.25, -0.2) is 0 Å². The minimum absolute atomic E-state index is 0.332. The van der Waals surface area contributed by atoms with Gasteiger partial charge in [0.2, 0.25) is 0 Å². The highest BCUT2D eigenvalue weighted by Gasteiger charge is 2.28. The standard InChI is InChI=1S/C23H16Cl2N2/c24-18-10-8-16(9-11-18)14-27-15-22(17-4-3-5-19(25)12-17)21(13-26)20-6-1-2-7-23(20)27/h1-12,15,21H,14H2. The van der Waals surface area contributed by atoms with Crippen molar-refractivity contribution < 1.29 is 0 Å². The molecule has 1 atom stereocenters. The first-order valence-electron chi connectivity index (χ1n) is 8.63. The van der Waals surface area contributed by atoms with Gasteiger partial charge in [0.1, 0.15) is 5.92 Å². The van der Waals surface area contributed by atoms with Crippen molar-refractivity contribution in [2.75, 3.05) is 4.90 Å². The predicted molar refractivity (Wildman–Crippen MR) is 112 cm³/mol. The summed E-state index contributed by atoms with van der Waals surface area (Å²) >= 11 is 12.2. The third-order valence-electron chi connectivity index (χ3n) is 4.72. The van der Waals surface area contributed by atoms with Crippen molar-refractivity contribution >= 4 is 34.5 Å². The summed E-state index contributed by atoms with van der Waals surface area (Å²) < 4.78 is 0. The maximum Gasteiger partial charge on any atom is 0.100 e. The van der Waals surface area contributed by atoms with Gasteiger partial charge in [-0.1, -0.05) is 65.7 Å². The first-order valence-corrected chi connectivity index (χ1v) is 9.38. The van der Waals surface area contributed by atoms with Crippen molar-refractivity contribution in [3.63, 3.8) is 0 Å². The second-order valence-electron chi connectivity index (χ2n) is 6.47. The summed E-state index contributed by atoms with van der Waals surface area (Å²) in [6.45, 7) is 0.691. The Labute approximate surface area is 168 Å². The predicted octanol–water partition coefficient (Wildman–Crippen LogP) is 6.66. The van der Waals surface area contributed by atoms with Gasteiger partial charge in [-0.05, 0) is 52.6 Å². The van der Waals surface area contributed by atoms with E-state index in [1.54, 1.807) is 0 Å². The van der Waals surface area contributed by atoms with Gasteiger partial charge in [0, 0.05) is 28.5 Å². The smallest absolute Gasteiger partial charge is 0.100 e. The first kappa shape index (κ1) is 17.7. The highest BCUT2D eigenvalue weighted by atomic mass is 35.5. The summed E-state index contributed by atoms with van der Waals surface area (Å²) in [7, 11) is 0. The molecule has 0 fully saturated rings. The van der Waals surface area contributed by atoms with Crippen molar-refractivity contribution in [3.05, 3.63) is 106 Å². The van der Waals surface area contributed by atoms with Gasteiger partial charge in [-0.2, -0.15) is 5.26 Å². The van der Waals surface area contributed by atoms with Crippen LogP contribution in [0.25, 0.3) is 5.57 Å². The number of halogens is 2. The number of nitrogens with zero attached hydrogens (tertiary/aromatic N) is 2. The van der Waals surface area contributed by atoms with Gasteiger partial charge in [-0.3, -0.25) is 0 Å². The summed E-state index contributed by atoms with van der Waals surface area (Å²) in [4.78, 5) is 2.18. The fourth-order valence-corrected chi connectivity index (χ4v) is 3.75. The van der Waals surface area contributed by atoms with Crippen LogP contribution in [-0.2, 0) is 6.54 Å². The van der Waals surface area contributed by atoms with Gasteiger partial charge < -0.3 is 4.90 Å². The molecule has 0 amide bonds. The van der Waals surface area contributed by atoms with Gasteiger partial charge in [0.25, 0.3) is 0 Å². The molecule has 27 heavy (non-hydrogen) atoms. The van der Waals surface area contributed by atoms with E-state index in [1.807, 2.05) is 66.7 Å². The Morgan fingerprint density at radius 3 is 2.41 bits per heavy atom. The number of anilines is 1. The monoisotopic (exact) mass is 390 g/mol. The third-order valence-corrected chi connectivity index (χ3v) is 5.20. The molecule has 0 N–H and O–H groups in total. The molecule has 4 rings (SSSR count). The van der Waals surface area contributed by atoms with Crippen molar-refractivity contribution in [2.24, 2.45) is 0 Å². The van der Waals surface area contributed by atoms with Crippen LogP contribution in [0.4, 0.5) is 5.69 Å². The first-order chi connectivity index (χ1) is 13.2. The molecule has 2 nitrogen and oxygen atoms in total. The van der Waals surface area contributed by atoms with E-state index in [0.717, 1.165) is 33.0 Å². The maximum absolute atomic E-state index is 9.89. The minimum Gasteiger partial charge on any atom is -0.343 e. The van der Waals surface area contributed by atoms with Crippen LogP contribution in [0.5, 0.6) is 0 Å². The Morgan fingerprint density at radius 2 is 1.67 bits per heavy atom. The summed E-state index contributed by atoms with van der Waals surface area (Å²) in [6, 6.07) is 26.0. The van der Waals surface area contributed by atoms with E-state index in [-0.39, 0.29) is 5.92 Å².